The zero-order valence-electron chi connectivity index (χ0n) is 32.0. The van der Waals surface area contributed by atoms with Crippen molar-refractivity contribution >= 4 is 0 Å². The van der Waals surface area contributed by atoms with E-state index in [1.165, 1.54) is 102 Å². The lowest BCUT2D eigenvalue weighted by molar-refractivity contribution is -0.170. The van der Waals surface area contributed by atoms with Crippen molar-refractivity contribution in [2.24, 2.45) is 45.3 Å². The third-order valence-electron chi connectivity index (χ3n) is 14.0. The maximum Gasteiger partial charge on any atom is -0.0113 e. The van der Waals surface area contributed by atoms with Gasteiger partial charge in [-0.2, -0.15) is 0 Å². The Morgan fingerprint density at radius 3 is 2.05 bits per heavy atom. The van der Waals surface area contributed by atoms with Gasteiger partial charge in [0.1, 0.15) is 0 Å². The van der Waals surface area contributed by atoms with Gasteiger partial charge < -0.3 is 0 Å². The van der Waals surface area contributed by atoms with E-state index in [1.807, 2.05) is 44.9 Å². The van der Waals surface area contributed by atoms with E-state index in [2.05, 4.69) is 68.2 Å². The van der Waals surface area contributed by atoms with Crippen LogP contribution in [0.1, 0.15) is 185 Å². The Hall–Kier alpha value is -1.04. The van der Waals surface area contributed by atoms with Crippen LogP contribution >= 0.6 is 0 Å². The fourth-order valence-corrected chi connectivity index (χ4v) is 11.3. The molecule has 0 aromatic rings. The predicted octanol–water partition coefficient (Wildman–Crippen LogP) is 14.9. The molecule has 5 aliphatic rings. The van der Waals surface area contributed by atoms with Gasteiger partial charge >= 0.3 is 0 Å². The van der Waals surface area contributed by atoms with E-state index >= 15 is 0 Å². The maximum atomic E-state index is 4.01. The summed E-state index contributed by atoms with van der Waals surface area (Å²) < 4.78 is 0. The molecule has 0 N–H and O–H groups in total. The first kappa shape index (κ1) is 39.1. The maximum absolute atomic E-state index is 4.01. The van der Waals surface area contributed by atoms with Crippen LogP contribution in [0.3, 0.4) is 0 Å². The summed E-state index contributed by atoms with van der Waals surface area (Å²) in [6.45, 7) is 37.7. The number of allylic oxidation sites excluding steroid dienone is 5. The van der Waals surface area contributed by atoms with Crippen LogP contribution in [0.5, 0.6) is 0 Å². The third kappa shape index (κ3) is 7.91. The van der Waals surface area contributed by atoms with E-state index in [0.717, 1.165) is 42.1 Å². The van der Waals surface area contributed by atoms with Crippen LogP contribution < -0.4 is 0 Å². The zero-order chi connectivity index (χ0) is 33.3. The highest BCUT2D eigenvalue weighted by molar-refractivity contribution is 5.33. The molecule has 0 saturated heterocycles. The second-order valence-corrected chi connectivity index (χ2v) is 16.5. The number of rotatable bonds is 7. The predicted molar refractivity (Wildman–Crippen MR) is 200 cm³/mol. The van der Waals surface area contributed by atoms with Gasteiger partial charge in [0.2, 0.25) is 0 Å². The largest absolute Gasteiger partial charge is 0.0999 e. The van der Waals surface area contributed by atoms with E-state index < -0.39 is 0 Å². The Labute approximate surface area is 278 Å². The highest BCUT2D eigenvalue weighted by Crippen LogP contribution is 2.72. The summed E-state index contributed by atoms with van der Waals surface area (Å²) in [5, 5.41) is 0. The van der Waals surface area contributed by atoms with Crippen LogP contribution in [0, 0.1) is 45.3 Å². The monoisotopic (exact) mass is 607 g/mol. The molecule has 0 spiro atoms. The van der Waals surface area contributed by atoms with Crippen LogP contribution in [0.25, 0.3) is 0 Å². The molecule has 0 amide bonds. The molecule has 0 bridgehead atoms. The molecule has 0 radical (unpaired) electrons. The first-order chi connectivity index (χ1) is 20.8. The average molecular weight is 607 g/mol. The van der Waals surface area contributed by atoms with Crippen molar-refractivity contribution < 1.29 is 0 Å². The van der Waals surface area contributed by atoms with Gasteiger partial charge in [-0.05, 0) is 142 Å². The molecule has 44 heavy (non-hydrogen) atoms. The molecule has 5 rings (SSSR count). The highest BCUT2D eigenvalue weighted by Gasteiger charge is 2.63. The SMILES string of the molecule is C=CC(=C)CCCC(=C)CCC.CC.CC.CC1CCC2(C)C(CCC3(C)C4CCC5(C)CCCCC5=C4CCC32)C1(C)C. The molecule has 0 aromatic carbocycles. The van der Waals surface area contributed by atoms with Gasteiger partial charge in [0.15, 0.2) is 0 Å². The van der Waals surface area contributed by atoms with Crippen LogP contribution in [-0.4, -0.2) is 0 Å². The minimum atomic E-state index is 0.529. The molecule has 5 aliphatic carbocycles. The van der Waals surface area contributed by atoms with Gasteiger partial charge in [-0.1, -0.05) is 137 Å². The van der Waals surface area contributed by atoms with Crippen LogP contribution in [-0.2, 0) is 0 Å². The second kappa shape index (κ2) is 16.7. The Kier molecular flexibility index (Phi) is 14.8. The smallest absolute Gasteiger partial charge is 0.0113 e. The Morgan fingerprint density at radius 1 is 0.750 bits per heavy atom. The molecule has 7 atom stereocenters. The van der Waals surface area contributed by atoms with Gasteiger partial charge in [0, 0.05) is 0 Å². The van der Waals surface area contributed by atoms with E-state index in [9.17, 15) is 0 Å². The molecule has 7 unspecified atom stereocenters. The van der Waals surface area contributed by atoms with Crippen LogP contribution in [0.15, 0.2) is 48.1 Å². The molecule has 0 aliphatic heterocycles. The van der Waals surface area contributed by atoms with Gasteiger partial charge in [-0.25, -0.2) is 0 Å². The minimum Gasteiger partial charge on any atom is -0.0999 e. The topological polar surface area (TPSA) is 0 Å². The van der Waals surface area contributed by atoms with Gasteiger partial charge in [-0.3, -0.25) is 0 Å². The molecule has 4 saturated carbocycles. The lowest BCUT2D eigenvalue weighted by Crippen LogP contribution is -2.60. The molecular formula is C44H78. The zero-order valence-corrected chi connectivity index (χ0v) is 32.0. The Bertz CT molecular complexity index is 974. The standard InChI is InChI=1S/C28H46.C12H20.2C2H6/c1-19-12-17-28(6)23(25(19,2)3)14-18-27(5)22-13-16-26(4)15-8-7-9-21(26)20(22)10-11-24(27)28;1-5-8-12(4)10-7-9-11(3)6-2;2*1-2/h19,22-24H,7-18H2,1-6H3;6H,2-5,7-10H2,1H3;2*1-2H3. The quantitative estimate of drug-likeness (QED) is 0.200. The molecule has 4 fully saturated rings. The number of fused-ring (bicyclic) bond motifs is 6. The van der Waals surface area contributed by atoms with E-state index in [1.54, 1.807) is 0 Å². The lowest BCUT2D eigenvalue weighted by atomic mass is 9.37. The van der Waals surface area contributed by atoms with E-state index in [-0.39, 0.29) is 0 Å². The molecule has 0 nitrogen and oxygen atoms in total. The molecular weight excluding hydrogens is 528 g/mol. The van der Waals surface area contributed by atoms with Crippen molar-refractivity contribution in [3.8, 4) is 0 Å². The molecule has 254 valence electrons. The first-order valence-electron chi connectivity index (χ1n) is 19.5. The highest BCUT2D eigenvalue weighted by atomic mass is 14.7. The summed E-state index contributed by atoms with van der Waals surface area (Å²) in [5.41, 5.74) is 8.76. The van der Waals surface area contributed by atoms with Crippen molar-refractivity contribution in [2.45, 2.75) is 185 Å². The first-order valence-corrected chi connectivity index (χ1v) is 19.5. The van der Waals surface area contributed by atoms with Gasteiger partial charge in [0.05, 0.1) is 0 Å². The average Bonchev–Trinajstić information content (AvgIpc) is 3.01. The summed E-state index contributed by atoms with van der Waals surface area (Å²) in [7, 11) is 0. The van der Waals surface area contributed by atoms with Crippen molar-refractivity contribution in [1.29, 1.82) is 0 Å². The summed E-state index contributed by atoms with van der Waals surface area (Å²) >= 11 is 0. The molecule has 0 heteroatoms. The van der Waals surface area contributed by atoms with E-state index in [4.69, 9.17) is 0 Å². The normalized spacial score (nSPS) is 36.5. The number of hydrogen-bond acceptors (Lipinski definition) is 0. The van der Waals surface area contributed by atoms with Gasteiger partial charge in [0.25, 0.3) is 0 Å². The minimum absolute atomic E-state index is 0.529. The van der Waals surface area contributed by atoms with Crippen molar-refractivity contribution in [2.75, 3.05) is 0 Å². The summed E-state index contributed by atoms with van der Waals surface area (Å²) in [4.78, 5) is 0. The molecule has 0 heterocycles. The van der Waals surface area contributed by atoms with Crippen LogP contribution in [0.2, 0.25) is 0 Å². The van der Waals surface area contributed by atoms with Gasteiger partial charge in [-0.15, -0.1) is 0 Å². The third-order valence-corrected chi connectivity index (χ3v) is 14.0. The number of hydrogen-bond donors (Lipinski definition) is 0. The fourth-order valence-electron chi connectivity index (χ4n) is 11.3. The fraction of sp³-hybridized carbons (Fsp3) is 0.818. The Balaban J connectivity index is 0.000000359. The van der Waals surface area contributed by atoms with Crippen LogP contribution in [0.4, 0.5) is 0 Å². The van der Waals surface area contributed by atoms with Crippen molar-refractivity contribution in [1.82, 2.24) is 0 Å². The lowest BCUT2D eigenvalue weighted by Gasteiger charge is -2.68. The summed E-state index contributed by atoms with van der Waals surface area (Å²) in [6, 6.07) is 0. The summed E-state index contributed by atoms with van der Waals surface area (Å²) in [5.74, 6) is 3.73. The second-order valence-electron chi connectivity index (χ2n) is 16.5. The summed E-state index contributed by atoms with van der Waals surface area (Å²) in [6.07, 6.45) is 25.3. The van der Waals surface area contributed by atoms with Crippen molar-refractivity contribution in [3.05, 3.63) is 48.1 Å². The molecule has 0 aromatic heterocycles. The van der Waals surface area contributed by atoms with E-state index in [0.29, 0.717) is 21.7 Å². The Morgan fingerprint density at radius 2 is 1.41 bits per heavy atom. The van der Waals surface area contributed by atoms with Crippen molar-refractivity contribution in [3.63, 3.8) is 0 Å².